The van der Waals surface area contributed by atoms with Crippen LogP contribution in [0.15, 0.2) is 36.7 Å². The Bertz CT molecular complexity index is 668. The fourth-order valence-corrected chi connectivity index (χ4v) is 1.82. The molecule has 2 rings (SSSR count). The molecule has 120 valence electrons. The Hall–Kier alpha value is -2.96. The Balaban J connectivity index is 1.96. The van der Waals surface area contributed by atoms with Crippen molar-refractivity contribution in [3.63, 3.8) is 0 Å². The number of carbonyl (C=O) groups excluding carboxylic acids is 2. The van der Waals surface area contributed by atoms with E-state index in [9.17, 15) is 9.59 Å². The Kier molecular flexibility index (Phi) is 5.62. The molecule has 0 bridgehead atoms. The summed E-state index contributed by atoms with van der Waals surface area (Å²) in [6, 6.07) is 6.82. The van der Waals surface area contributed by atoms with Crippen molar-refractivity contribution in [1.29, 1.82) is 0 Å². The minimum Gasteiger partial charge on any atom is -0.369 e. The molecule has 0 fully saturated rings. The second-order valence-corrected chi connectivity index (χ2v) is 4.93. The molecule has 1 aromatic carbocycles. The number of hydrogen-bond donors (Lipinski definition) is 3. The maximum absolute atomic E-state index is 12.1. The minimum atomic E-state index is -0.341. The van der Waals surface area contributed by atoms with E-state index in [1.54, 1.807) is 24.3 Å². The van der Waals surface area contributed by atoms with Gasteiger partial charge in [0.25, 0.3) is 5.91 Å². The molecular formula is C16H19N5O2. The zero-order valence-electron chi connectivity index (χ0n) is 13.1. The first-order valence-electron chi connectivity index (χ1n) is 7.33. The van der Waals surface area contributed by atoms with Crippen LogP contribution in [0.3, 0.4) is 0 Å². The van der Waals surface area contributed by atoms with Crippen LogP contribution in [-0.4, -0.2) is 28.3 Å². The van der Waals surface area contributed by atoms with Crippen LogP contribution in [0.4, 0.5) is 17.2 Å². The molecule has 1 heterocycles. The van der Waals surface area contributed by atoms with Crippen LogP contribution in [0.5, 0.6) is 0 Å². The highest BCUT2D eigenvalue weighted by Crippen LogP contribution is 2.14. The smallest absolute Gasteiger partial charge is 0.275 e. The van der Waals surface area contributed by atoms with Gasteiger partial charge in [-0.2, -0.15) is 0 Å². The minimum absolute atomic E-state index is 0.145. The number of rotatable bonds is 6. The quantitative estimate of drug-likeness (QED) is 0.761. The van der Waals surface area contributed by atoms with Crippen molar-refractivity contribution in [3.8, 4) is 0 Å². The number of hydrogen-bond acceptors (Lipinski definition) is 5. The zero-order valence-corrected chi connectivity index (χ0v) is 13.1. The fraction of sp³-hybridized carbons (Fsp3) is 0.250. The molecule has 0 aliphatic heterocycles. The molecule has 7 nitrogen and oxygen atoms in total. The van der Waals surface area contributed by atoms with Crippen molar-refractivity contribution >= 4 is 29.0 Å². The average molecular weight is 313 g/mol. The molecule has 0 aliphatic rings. The first kappa shape index (κ1) is 16.4. The summed E-state index contributed by atoms with van der Waals surface area (Å²) >= 11 is 0. The Morgan fingerprint density at radius 2 is 1.65 bits per heavy atom. The van der Waals surface area contributed by atoms with Crippen molar-refractivity contribution in [3.05, 3.63) is 42.4 Å². The summed E-state index contributed by atoms with van der Waals surface area (Å²) in [6.45, 7) is 4.30. The second kappa shape index (κ2) is 7.88. The van der Waals surface area contributed by atoms with E-state index in [1.165, 1.54) is 19.3 Å². The highest BCUT2D eigenvalue weighted by atomic mass is 16.2. The van der Waals surface area contributed by atoms with Crippen LogP contribution in [0.2, 0.25) is 0 Å². The maximum Gasteiger partial charge on any atom is 0.275 e. The summed E-state index contributed by atoms with van der Waals surface area (Å²) in [5, 5.41) is 8.48. The van der Waals surface area contributed by atoms with Crippen LogP contribution in [-0.2, 0) is 4.79 Å². The zero-order chi connectivity index (χ0) is 16.7. The molecule has 0 unspecified atom stereocenters. The molecule has 2 amide bonds. The van der Waals surface area contributed by atoms with Gasteiger partial charge in [0, 0.05) is 24.8 Å². The number of amides is 2. The molecule has 3 N–H and O–H groups in total. The van der Waals surface area contributed by atoms with Crippen molar-refractivity contribution in [1.82, 2.24) is 9.97 Å². The van der Waals surface area contributed by atoms with Crippen LogP contribution in [0.25, 0.3) is 0 Å². The molecule has 23 heavy (non-hydrogen) atoms. The number of aromatic nitrogens is 2. The van der Waals surface area contributed by atoms with Gasteiger partial charge in [-0.15, -0.1) is 0 Å². The Labute approximate surface area is 134 Å². The van der Waals surface area contributed by atoms with E-state index in [2.05, 4.69) is 32.8 Å². The van der Waals surface area contributed by atoms with Gasteiger partial charge in [-0.3, -0.25) is 9.59 Å². The van der Waals surface area contributed by atoms with Gasteiger partial charge in [0.15, 0.2) is 0 Å². The van der Waals surface area contributed by atoms with Crippen LogP contribution < -0.4 is 16.0 Å². The monoisotopic (exact) mass is 313 g/mol. The van der Waals surface area contributed by atoms with Gasteiger partial charge in [-0.1, -0.05) is 6.92 Å². The van der Waals surface area contributed by atoms with Gasteiger partial charge in [0.2, 0.25) is 5.91 Å². The molecule has 0 atom stereocenters. The number of nitrogens with one attached hydrogen (secondary N) is 3. The van der Waals surface area contributed by atoms with E-state index in [-0.39, 0.29) is 17.5 Å². The SMILES string of the molecule is CCCNc1cnc(C(=O)Nc2ccc(NC(C)=O)cc2)cn1. The largest absolute Gasteiger partial charge is 0.369 e. The molecule has 0 radical (unpaired) electrons. The molecule has 2 aromatic rings. The molecule has 1 aromatic heterocycles. The predicted octanol–water partition coefficient (Wildman–Crippen LogP) is 2.51. The molecule has 0 saturated carbocycles. The van der Waals surface area contributed by atoms with Gasteiger partial charge >= 0.3 is 0 Å². The van der Waals surface area contributed by atoms with Crippen molar-refractivity contribution in [2.24, 2.45) is 0 Å². The van der Waals surface area contributed by atoms with Gasteiger partial charge in [0.05, 0.1) is 12.4 Å². The standard InChI is InChI=1S/C16H19N5O2/c1-3-8-17-15-10-18-14(9-19-15)16(23)21-13-6-4-12(5-7-13)20-11(2)22/h4-7,9-10H,3,8H2,1-2H3,(H,17,19)(H,20,22)(H,21,23). The van der Waals surface area contributed by atoms with E-state index in [4.69, 9.17) is 0 Å². The highest BCUT2D eigenvalue weighted by Gasteiger charge is 2.08. The lowest BCUT2D eigenvalue weighted by Crippen LogP contribution is -2.14. The van der Waals surface area contributed by atoms with Crippen LogP contribution in [0.1, 0.15) is 30.8 Å². The molecule has 0 spiro atoms. The lowest BCUT2D eigenvalue weighted by molar-refractivity contribution is -0.114. The summed E-state index contributed by atoms with van der Waals surface area (Å²) in [6.07, 6.45) is 3.95. The number of anilines is 3. The second-order valence-electron chi connectivity index (χ2n) is 4.93. The van der Waals surface area contributed by atoms with E-state index < -0.39 is 0 Å². The first-order valence-corrected chi connectivity index (χ1v) is 7.33. The number of benzene rings is 1. The Morgan fingerprint density at radius 3 is 2.17 bits per heavy atom. The van der Waals surface area contributed by atoms with Crippen molar-refractivity contribution < 1.29 is 9.59 Å². The highest BCUT2D eigenvalue weighted by molar-refractivity contribution is 6.02. The fourth-order valence-electron chi connectivity index (χ4n) is 1.82. The van der Waals surface area contributed by atoms with Crippen molar-refractivity contribution in [2.45, 2.75) is 20.3 Å². The van der Waals surface area contributed by atoms with Gasteiger partial charge in [0.1, 0.15) is 11.5 Å². The number of carbonyl (C=O) groups is 2. The van der Waals surface area contributed by atoms with Gasteiger partial charge < -0.3 is 16.0 Å². The normalized spacial score (nSPS) is 10.0. The maximum atomic E-state index is 12.1. The molecule has 7 heteroatoms. The summed E-state index contributed by atoms with van der Waals surface area (Å²) < 4.78 is 0. The van der Waals surface area contributed by atoms with Crippen molar-refractivity contribution in [2.75, 3.05) is 22.5 Å². The van der Waals surface area contributed by atoms with Gasteiger partial charge in [-0.25, -0.2) is 9.97 Å². The molecular weight excluding hydrogens is 294 g/mol. The third-order valence-corrected chi connectivity index (χ3v) is 2.90. The summed E-state index contributed by atoms with van der Waals surface area (Å²) in [5.41, 5.74) is 1.51. The Morgan fingerprint density at radius 1 is 1.00 bits per heavy atom. The third-order valence-electron chi connectivity index (χ3n) is 2.90. The topological polar surface area (TPSA) is 96.0 Å². The third kappa shape index (κ3) is 5.06. The van der Waals surface area contributed by atoms with E-state index in [0.717, 1.165) is 13.0 Å². The average Bonchev–Trinajstić information content (AvgIpc) is 2.54. The van der Waals surface area contributed by atoms with E-state index >= 15 is 0 Å². The van der Waals surface area contributed by atoms with Crippen LogP contribution >= 0.6 is 0 Å². The summed E-state index contributed by atoms with van der Waals surface area (Å²) in [5.74, 6) is 0.156. The lowest BCUT2D eigenvalue weighted by atomic mass is 10.2. The lowest BCUT2D eigenvalue weighted by Gasteiger charge is -2.07. The predicted molar refractivity (Wildman–Crippen MR) is 89.5 cm³/mol. The van der Waals surface area contributed by atoms with E-state index in [0.29, 0.717) is 17.2 Å². The first-order chi connectivity index (χ1) is 11.1. The van der Waals surface area contributed by atoms with Gasteiger partial charge in [-0.05, 0) is 30.7 Å². The molecule has 0 aliphatic carbocycles. The summed E-state index contributed by atoms with van der Waals surface area (Å²) in [7, 11) is 0. The van der Waals surface area contributed by atoms with Crippen LogP contribution in [0, 0.1) is 0 Å². The summed E-state index contributed by atoms with van der Waals surface area (Å²) in [4.78, 5) is 31.3. The number of nitrogens with zero attached hydrogens (tertiary/aromatic N) is 2. The van der Waals surface area contributed by atoms with E-state index in [1.807, 2.05) is 0 Å². The molecule has 0 saturated heterocycles.